The van der Waals surface area contributed by atoms with Gasteiger partial charge >= 0.3 is 0 Å². The Kier molecular flexibility index (Phi) is 4.11. The third kappa shape index (κ3) is 3.18. The lowest BCUT2D eigenvalue weighted by atomic mass is 9.71. The third-order valence-electron chi connectivity index (χ3n) is 4.64. The maximum absolute atomic E-state index is 4.24. The Bertz CT molecular complexity index is 572. The fraction of sp³-hybridized carbons (Fsp3) is 0.500. The van der Waals surface area contributed by atoms with Gasteiger partial charge in [0, 0.05) is 25.0 Å². The predicted molar refractivity (Wildman–Crippen MR) is 86.3 cm³/mol. The van der Waals surface area contributed by atoms with Crippen LogP contribution in [-0.4, -0.2) is 16.3 Å². The molecule has 0 bridgehead atoms. The molecule has 1 atom stereocenters. The number of hydrogen-bond acceptors (Lipinski definition) is 2. The van der Waals surface area contributed by atoms with Gasteiger partial charge in [0.1, 0.15) is 0 Å². The van der Waals surface area contributed by atoms with Crippen molar-refractivity contribution < 1.29 is 0 Å². The summed E-state index contributed by atoms with van der Waals surface area (Å²) < 4.78 is 2.00. The number of aryl methyl sites for hydroxylation is 1. The number of rotatable bonds is 5. The fourth-order valence-electron chi connectivity index (χ4n) is 3.37. The van der Waals surface area contributed by atoms with E-state index in [2.05, 4.69) is 48.5 Å². The second-order valence-corrected chi connectivity index (χ2v) is 6.64. The van der Waals surface area contributed by atoms with E-state index < -0.39 is 0 Å². The van der Waals surface area contributed by atoms with E-state index >= 15 is 0 Å². The summed E-state index contributed by atoms with van der Waals surface area (Å²) in [5.41, 5.74) is 3.32. The van der Waals surface area contributed by atoms with Crippen molar-refractivity contribution in [2.75, 3.05) is 6.54 Å². The van der Waals surface area contributed by atoms with Crippen LogP contribution in [0, 0.1) is 0 Å². The molecule has 1 unspecified atom stereocenters. The molecule has 0 spiro atoms. The van der Waals surface area contributed by atoms with Crippen LogP contribution in [0.3, 0.4) is 0 Å². The zero-order valence-electron chi connectivity index (χ0n) is 13.0. The van der Waals surface area contributed by atoms with Crippen molar-refractivity contribution in [3.8, 4) is 0 Å². The van der Waals surface area contributed by atoms with Crippen molar-refractivity contribution in [1.29, 1.82) is 0 Å². The normalized spacial score (nSPS) is 20.2. The zero-order chi connectivity index (χ0) is 14.7. The minimum Gasteiger partial charge on any atom is -0.310 e. The van der Waals surface area contributed by atoms with E-state index in [0.29, 0.717) is 11.5 Å². The smallest absolute Gasteiger partial charge is 0.0489 e. The van der Waals surface area contributed by atoms with Crippen molar-refractivity contribution in [2.45, 2.75) is 51.1 Å². The molecule has 0 saturated heterocycles. The molecule has 21 heavy (non-hydrogen) atoms. The Labute approximate surface area is 127 Å². The second-order valence-electron chi connectivity index (χ2n) is 6.64. The lowest BCUT2D eigenvalue weighted by molar-refractivity contribution is 0.354. The molecule has 1 N–H and O–H groups in total. The maximum Gasteiger partial charge on any atom is 0.0489 e. The van der Waals surface area contributed by atoms with Crippen LogP contribution in [0.2, 0.25) is 0 Å². The quantitative estimate of drug-likeness (QED) is 0.848. The highest BCUT2D eigenvalue weighted by Crippen LogP contribution is 2.41. The standard InChI is InChI=1S/C18H25N3/c1-18(2)10-9-17(15-7-3-4-8-16(15)18)19-11-5-13-21-14-6-12-20-21/h3-4,6-8,12,14,17,19H,5,9-11,13H2,1-2H3. The largest absolute Gasteiger partial charge is 0.310 e. The number of nitrogens with zero attached hydrogens (tertiary/aromatic N) is 2. The summed E-state index contributed by atoms with van der Waals surface area (Å²) in [5.74, 6) is 0. The monoisotopic (exact) mass is 283 g/mol. The molecular weight excluding hydrogens is 258 g/mol. The van der Waals surface area contributed by atoms with Crippen LogP contribution in [-0.2, 0) is 12.0 Å². The first-order valence-electron chi connectivity index (χ1n) is 7.97. The number of aromatic nitrogens is 2. The van der Waals surface area contributed by atoms with Gasteiger partial charge < -0.3 is 5.32 Å². The van der Waals surface area contributed by atoms with E-state index in [1.54, 1.807) is 0 Å². The lowest BCUT2D eigenvalue weighted by Crippen LogP contribution is -2.33. The second kappa shape index (κ2) is 6.02. The molecule has 2 aromatic rings. The summed E-state index contributed by atoms with van der Waals surface area (Å²) in [4.78, 5) is 0. The van der Waals surface area contributed by atoms with Crippen LogP contribution in [0.25, 0.3) is 0 Å². The Balaban J connectivity index is 1.59. The third-order valence-corrected chi connectivity index (χ3v) is 4.64. The molecule has 0 saturated carbocycles. The summed E-state index contributed by atoms with van der Waals surface area (Å²) in [7, 11) is 0. The summed E-state index contributed by atoms with van der Waals surface area (Å²) in [5, 5.41) is 7.98. The van der Waals surface area contributed by atoms with E-state index in [0.717, 1.165) is 19.5 Å². The van der Waals surface area contributed by atoms with Crippen LogP contribution in [0.15, 0.2) is 42.7 Å². The van der Waals surface area contributed by atoms with E-state index in [9.17, 15) is 0 Å². The van der Waals surface area contributed by atoms with Crippen LogP contribution in [0.4, 0.5) is 0 Å². The highest BCUT2D eigenvalue weighted by molar-refractivity contribution is 5.38. The van der Waals surface area contributed by atoms with Crippen molar-refractivity contribution in [3.05, 3.63) is 53.9 Å². The van der Waals surface area contributed by atoms with Gasteiger partial charge in [-0.25, -0.2) is 0 Å². The first kappa shape index (κ1) is 14.3. The molecule has 3 rings (SSSR count). The molecule has 1 aliphatic carbocycles. The van der Waals surface area contributed by atoms with E-state index in [1.807, 2.05) is 23.1 Å². The van der Waals surface area contributed by atoms with E-state index in [1.165, 1.54) is 24.0 Å². The van der Waals surface area contributed by atoms with Crippen LogP contribution >= 0.6 is 0 Å². The van der Waals surface area contributed by atoms with Gasteiger partial charge in [-0.05, 0) is 48.4 Å². The van der Waals surface area contributed by atoms with Crippen molar-refractivity contribution in [1.82, 2.24) is 15.1 Å². The van der Waals surface area contributed by atoms with Gasteiger partial charge in [-0.3, -0.25) is 4.68 Å². The van der Waals surface area contributed by atoms with Crippen molar-refractivity contribution in [3.63, 3.8) is 0 Å². The molecule has 1 aromatic heterocycles. The molecule has 3 nitrogen and oxygen atoms in total. The molecular formula is C18H25N3. The molecule has 1 aliphatic rings. The Morgan fingerprint density at radius 2 is 2.14 bits per heavy atom. The molecule has 0 radical (unpaired) electrons. The van der Waals surface area contributed by atoms with E-state index in [-0.39, 0.29) is 0 Å². The highest BCUT2D eigenvalue weighted by atomic mass is 15.3. The lowest BCUT2D eigenvalue weighted by Gasteiger charge is -2.37. The van der Waals surface area contributed by atoms with Gasteiger partial charge in [0.15, 0.2) is 0 Å². The number of benzene rings is 1. The average Bonchev–Trinajstić information content (AvgIpc) is 2.99. The molecule has 1 heterocycles. The summed E-state index contributed by atoms with van der Waals surface area (Å²) in [6, 6.07) is 11.4. The van der Waals surface area contributed by atoms with Gasteiger partial charge in [0.05, 0.1) is 0 Å². The van der Waals surface area contributed by atoms with Crippen LogP contribution in [0.1, 0.15) is 50.3 Å². The minimum absolute atomic E-state index is 0.309. The topological polar surface area (TPSA) is 29.9 Å². The Morgan fingerprint density at radius 3 is 2.95 bits per heavy atom. The van der Waals surface area contributed by atoms with Gasteiger partial charge in [-0.15, -0.1) is 0 Å². The maximum atomic E-state index is 4.24. The average molecular weight is 283 g/mol. The number of nitrogens with one attached hydrogen (secondary N) is 1. The first-order chi connectivity index (χ1) is 10.2. The molecule has 0 fully saturated rings. The molecule has 3 heteroatoms. The van der Waals surface area contributed by atoms with Gasteiger partial charge in [-0.2, -0.15) is 5.10 Å². The number of hydrogen-bond donors (Lipinski definition) is 1. The van der Waals surface area contributed by atoms with Gasteiger partial charge in [0.2, 0.25) is 0 Å². The molecule has 112 valence electrons. The molecule has 1 aromatic carbocycles. The van der Waals surface area contributed by atoms with Crippen molar-refractivity contribution >= 4 is 0 Å². The Morgan fingerprint density at radius 1 is 1.29 bits per heavy atom. The zero-order valence-corrected chi connectivity index (χ0v) is 13.0. The van der Waals surface area contributed by atoms with Gasteiger partial charge in [0.25, 0.3) is 0 Å². The van der Waals surface area contributed by atoms with E-state index in [4.69, 9.17) is 0 Å². The van der Waals surface area contributed by atoms with Gasteiger partial charge in [-0.1, -0.05) is 38.1 Å². The van der Waals surface area contributed by atoms with Crippen LogP contribution in [0.5, 0.6) is 0 Å². The fourth-order valence-corrected chi connectivity index (χ4v) is 3.37. The minimum atomic E-state index is 0.309. The molecule has 0 amide bonds. The summed E-state index contributed by atoms with van der Waals surface area (Å²) >= 11 is 0. The number of fused-ring (bicyclic) bond motifs is 1. The van der Waals surface area contributed by atoms with Crippen molar-refractivity contribution in [2.24, 2.45) is 0 Å². The molecule has 0 aliphatic heterocycles. The Hall–Kier alpha value is -1.61. The predicted octanol–water partition coefficient (Wildman–Crippen LogP) is 3.68. The summed E-state index contributed by atoms with van der Waals surface area (Å²) in [6.07, 6.45) is 7.46. The SMILES string of the molecule is CC1(C)CCC(NCCCn2cccn2)c2ccccc21. The van der Waals surface area contributed by atoms with Crippen LogP contribution < -0.4 is 5.32 Å². The highest BCUT2D eigenvalue weighted by Gasteiger charge is 2.31. The summed E-state index contributed by atoms with van der Waals surface area (Å²) in [6.45, 7) is 6.75. The first-order valence-corrected chi connectivity index (χ1v) is 7.97.